The molecule has 6 nitrogen and oxygen atoms in total. The molecular weight excluding hydrogens is 260 g/mol. The van der Waals surface area contributed by atoms with Crippen molar-refractivity contribution in [2.45, 2.75) is 25.5 Å². The number of aliphatic carboxylic acids is 1. The Morgan fingerprint density at radius 1 is 1.35 bits per heavy atom. The van der Waals surface area contributed by atoms with Gasteiger partial charge in [-0.1, -0.05) is 37.3 Å². The minimum Gasteiger partial charge on any atom is -0.480 e. The third-order valence-electron chi connectivity index (χ3n) is 2.91. The predicted octanol–water partition coefficient (Wildman–Crippen LogP) is 0.839. The van der Waals surface area contributed by atoms with Gasteiger partial charge in [0.15, 0.2) is 6.10 Å². The lowest BCUT2D eigenvalue weighted by Gasteiger charge is -2.21. The summed E-state index contributed by atoms with van der Waals surface area (Å²) >= 11 is 0. The summed E-state index contributed by atoms with van der Waals surface area (Å²) < 4.78 is 0. The van der Waals surface area contributed by atoms with Crippen LogP contribution in [0.1, 0.15) is 25.0 Å². The van der Waals surface area contributed by atoms with Gasteiger partial charge in [-0.15, -0.1) is 0 Å². The van der Waals surface area contributed by atoms with E-state index in [9.17, 15) is 14.7 Å². The smallest absolute Gasteiger partial charge is 0.326 e. The second-order valence-electron chi connectivity index (χ2n) is 4.48. The van der Waals surface area contributed by atoms with E-state index in [-0.39, 0.29) is 6.42 Å². The number of rotatable bonds is 6. The molecule has 3 atom stereocenters. The van der Waals surface area contributed by atoms with Gasteiger partial charge in [-0.25, -0.2) is 4.79 Å². The molecule has 0 unspecified atom stereocenters. The lowest BCUT2D eigenvalue weighted by molar-refractivity contribution is -0.144. The average molecular weight is 276 g/mol. The van der Waals surface area contributed by atoms with Crippen LogP contribution in [0.25, 0.3) is 0 Å². The first-order valence-corrected chi connectivity index (χ1v) is 6.10. The van der Waals surface area contributed by atoms with Crippen LogP contribution in [0.15, 0.2) is 30.3 Å². The lowest BCUT2D eigenvalue weighted by atomic mass is 9.98. The van der Waals surface area contributed by atoms with E-state index in [1.54, 1.807) is 37.3 Å². The molecule has 0 spiro atoms. The highest BCUT2D eigenvalue weighted by Gasteiger charge is 2.29. The minimum atomic E-state index is -1.44. The minimum absolute atomic E-state index is 0.00131. The highest BCUT2D eigenvalue weighted by molar-refractivity contribution is 5.87. The summed E-state index contributed by atoms with van der Waals surface area (Å²) in [5, 5.41) is 29.8. The fraction of sp³-hybridized carbons (Fsp3) is 0.357. The number of carboxylic acid groups (broad SMARTS) is 1. The summed E-state index contributed by atoms with van der Waals surface area (Å²) in [6, 6.07) is 8.86. The quantitative estimate of drug-likeness (QED) is 0.713. The first-order chi connectivity index (χ1) is 9.47. The highest BCUT2D eigenvalue weighted by Crippen LogP contribution is 2.14. The molecule has 0 bridgehead atoms. The van der Waals surface area contributed by atoms with Crippen LogP contribution >= 0.6 is 0 Å². The van der Waals surface area contributed by atoms with E-state index in [2.05, 4.69) is 5.32 Å². The molecule has 0 aliphatic heterocycles. The third kappa shape index (κ3) is 4.07. The summed E-state index contributed by atoms with van der Waals surface area (Å²) in [6.45, 7) is 1.55. The van der Waals surface area contributed by atoms with Crippen molar-refractivity contribution in [1.29, 1.82) is 5.26 Å². The molecule has 20 heavy (non-hydrogen) atoms. The van der Waals surface area contributed by atoms with Crippen molar-refractivity contribution in [3.8, 4) is 6.07 Å². The summed E-state index contributed by atoms with van der Waals surface area (Å²) in [4.78, 5) is 23.0. The fourth-order valence-corrected chi connectivity index (χ4v) is 1.73. The second-order valence-corrected chi connectivity index (χ2v) is 4.48. The summed E-state index contributed by atoms with van der Waals surface area (Å²) in [6.07, 6.45) is -1.44. The molecule has 106 valence electrons. The van der Waals surface area contributed by atoms with Gasteiger partial charge in [-0.3, -0.25) is 4.79 Å². The van der Waals surface area contributed by atoms with E-state index in [1.807, 2.05) is 6.07 Å². The number of carbonyl (C=O) groups is 2. The summed E-state index contributed by atoms with van der Waals surface area (Å²) in [7, 11) is 0. The molecule has 0 saturated heterocycles. The molecule has 1 rings (SSSR count). The van der Waals surface area contributed by atoms with Crippen molar-refractivity contribution in [3.05, 3.63) is 35.9 Å². The van der Waals surface area contributed by atoms with Crippen LogP contribution in [0.4, 0.5) is 0 Å². The number of benzene rings is 1. The van der Waals surface area contributed by atoms with Gasteiger partial charge in [0.25, 0.3) is 5.91 Å². The maximum Gasteiger partial charge on any atom is 0.326 e. The molecule has 0 saturated carbocycles. The van der Waals surface area contributed by atoms with Gasteiger partial charge in [0.1, 0.15) is 6.04 Å². The van der Waals surface area contributed by atoms with Crippen LogP contribution in [0, 0.1) is 17.2 Å². The van der Waals surface area contributed by atoms with Crippen LogP contribution in [0.2, 0.25) is 0 Å². The van der Waals surface area contributed by atoms with Gasteiger partial charge in [0.05, 0.1) is 6.07 Å². The van der Waals surface area contributed by atoms with Crippen LogP contribution in [0.3, 0.4) is 0 Å². The molecule has 0 heterocycles. The Bertz CT molecular complexity index is 510. The van der Waals surface area contributed by atoms with E-state index >= 15 is 0 Å². The van der Waals surface area contributed by atoms with Crippen molar-refractivity contribution in [2.75, 3.05) is 0 Å². The van der Waals surface area contributed by atoms with Crippen molar-refractivity contribution < 1.29 is 19.8 Å². The van der Waals surface area contributed by atoms with Gasteiger partial charge in [-0.05, 0) is 5.56 Å². The predicted molar refractivity (Wildman–Crippen MR) is 70.4 cm³/mol. The molecule has 0 aliphatic rings. The van der Waals surface area contributed by atoms with Crippen molar-refractivity contribution in [1.82, 2.24) is 5.32 Å². The Hall–Kier alpha value is -2.39. The lowest BCUT2D eigenvalue weighted by Crippen LogP contribution is -2.46. The average Bonchev–Trinajstić information content (AvgIpc) is 2.44. The largest absolute Gasteiger partial charge is 0.480 e. The molecule has 1 aromatic rings. The molecule has 1 aromatic carbocycles. The molecule has 0 fully saturated rings. The SMILES string of the molecule is C[C@@H](CC#N)[C@H](NC(=O)[C@@H](O)c1ccccc1)C(=O)O. The molecule has 0 aliphatic carbocycles. The number of carbonyl (C=O) groups excluding carboxylic acids is 1. The fourth-order valence-electron chi connectivity index (χ4n) is 1.73. The van der Waals surface area contributed by atoms with Crippen molar-refractivity contribution in [3.63, 3.8) is 0 Å². The Morgan fingerprint density at radius 3 is 2.45 bits per heavy atom. The Labute approximate surface area is 116 Å². The zero-order chi connectivity index (χ0) is 15.1. The van der Waals surface area contributed by atoms with E-state index in [1.165, 1.54) is 0 Å². The van der Waals surface area contributed by atoms with Crippen LogP contribution < -0.4 is 5.32 Å². The van der Waals surface area contributed by atoms with Gasteiger partial charge >= 0.3 is 5.97 Å². The zero-order valence-electron chi connectivity index (χ0n) is 11.0. The third-order valence-corrected chi connectivity index (χ3v) is 2.91. The number of nitriles is 1. The molecule has 3 N–H and O–H groups in total. The van der Waals surface area contributed by atoms with Crippen molar-refractivity contribution in [2.24, 2.45) is 5.92 Å². The maximum atomic E-state index is 11.9. The topological polar surface area (TPSA) is 110 Å². The van der Waals surface area contributed by atoms with E-state index in [0.717, 1.165) is 0 Å². The molecule has 0 radical (unpaired) electrons. The monoisotopic (exact) mass is 276 g/mol. The number of amides is 1. The molecule has 1 amide bonds. The number of aliphatic hydroxyl groups excluding tert-OH is 1. The first-order valence-electron chi connectivity index (χ1n) is 6.10. The molecular formula is C14H16N2O4. The van der Waals surface area contributed by atoms with E-state index in [0.29, 0.717) is 5.56 Å². The summed E-state index contributed by atoms with van der Waals surface area (Å²) in [5.41, 5.74) is 0.377. The second kappa shape index (κ2) is 7.26. The van der Waals surface area contributed by atoms with Crippen LogP contribution in [-0.2, 0) is 9.59 Å². The number of nitrogens with one attached hydrogen (secondary N) is 1. The van der Waals surface area contributed by atoms with Crippen LogP contribution in [-0.4, -0.2) is 28.1 Å². The number of aliphatic hydroxyl groups is 1. The number of nitrogens with zero attached hydrogens (tertiary/aromatic N) is 1. The van der Waals surface area contributed by atoms with Gasteiger partial charge < -0.3 is 15.5 Å². The van der Waals surface area contributed by atoms with Crippen LogP contribution in [0.5, 0.6) is 0 Å². The maximum absolute atomic E-state index is 11.9. The molecule has 6 heteroatoms. The normalized spacial score (nSPS) is 14.7. The Morgan fingerprint density at radius 2 is 1.95 bits per heavy atom. The molecule has 0 aromatic heterocycles. The number of hydrogen-bond acceptors (Lipinski definition) is 4. The first kappa shape index (κ1) is 15.7. The standard InChI is InChI=1S/C14H16N2O4/c1-9(7-8-15)11(14(19)20)16-13(18)12(17)10-5-3-2-4-6-10/h2-6,9,11-12,17H,7H2,1H3,(H,16,18)(H,19,20)/t9-,11-,12-/m0/s1. The summed E-state index contributed by atoms with van der Waals surface area (Å²) in [5.74, 6) is -2.58. The zero-order valence-corrected chi connectivity index (χ0v) is 11.0. The number of hydrogen-bond donors (Lipinski definition) is 3. The number of carboxylic acids is 1. The van der Waals surface area contributed by atoms with E-state index < -0.39 is 29.9 Å². The highest BCUT2D eigenvalue weighted by atomic mass is 16.4. The van der Waals surface area contributed by atoms with Gasteiger partial charge in [0, 0.05) is 12.3 Å². The van der Waals surface area contributed by atoms with Gasteiger partial charge in [-0.2, -0.15) is 5.26 Å². The Balaban J connectivity index is 2.77. The van der Waals surface area contributed by atoms with E-state index in [4.69, 9.17) is 10.4 Å². The Kier molecular flexibility index (Phi) is 5.69. The van der Waals surface area contributed by atoms with Gasteiger partial charge in [0.2, 0.25) is 0 Å². The van der Waals surface area contributed by atoms with Crippen molar-refractivity contribution >= 4 is 11.9 Å².